The molecule has 2 aromatic rings. The molecule has 0 saturated carbocycles. The van der Waals surface area contributed by atoms with Crippen LogP contribution >= 0.6 is 11.6 Å². The van der Waals surface area contributed by atoms with E-state index in [0.717, 1.165) is 5.56 Å². The average molecular weight is 444 g/mol. The summed E-state index contributed by atoms with van der Waals surface area (Å²) in [5, 5.41) is 3.50. The number of amides is 3. The maximum atomic E-state index is 12.9. The van der Waals surface area contributed by atoms with Crippen LogP contribution in [0.5, 0.6) is 11.5 Å². The first-order valence-corrected chi connectivity index (χ1v) is 11.2. The van der Waals surface area contributed by atoms with Crippen molar-refractivity contribution in [1.82, 2.24) is 9.80 Å². The average Bonchev–Trinajstić information content (AvgIpc) is 2.78. The second-order valence-corrected chi connectivity index (χ2v) is 8.20. The second kappa shape index (κ2) is 10.5. The molecule has 0 spiro atoms. The number of benzene rings is 2. The van der Waals surface area contributed by atoms with Crippen molar-refractivity contribution in [2.45, 2.75) is 33.6 Å². The summed E-state index contributed by atoms with van der Waals surface area (Å²) in [6.07, 6.45) is 1.27. The van der Waals surface area contributed by atoms with Crippen LogP contribution in [-0.2, 0) is 4.79 Å². The van der Waals surface area contributed by atoms with Crippen LogP contribution in [0.2, 0.25) is 5.02 Å². The summed E-state index contributed by atoms with van der Waals surface area (Å²) in [6.45, 7) is 8.50. The Morgan fingerprint density at radius 3 is 2.35 bits per heavy atom. The summed E-state index contributed by atoms with van der Waals surface area (Å²) in [4.78, 5) is 29.1. The first-order valence-electron chi connectivity index (χ1n) is 10.8. The van der Waals surface area contributed by atoms with Crippen LogP contribution in [-0.4, -0.2) is 47.9 Å². The van der Waals surface area contributed by atoms with E-state index in [1.807, 2.05) is 49.9 Å². The summed E-state index contributed by atoms with van der Waals surface area (Å²) < 4.78 is 5.98. The number of likely N-dealkylation sites (tertiary alicyclic amines) is 1. The summed E-state index contributed by atoms with van der Waals surface area (Å²) in [6, 6.07) is 12.9. The van der Waals surface area contributed by atoms with Crippen molar-refractivity contribution in [3.8, 4) is 11.5 Å². The number of hydrogen-bond donors (Lipinski definition) is 1. The third-order valence-corrected chi connectivity index (χ3v) is 5.85. The molecule has 0 unspecified atom stereocenters. The van der Waals surface area contributed by atoms with Gasteiger partial charge in [-0.15, -0.1) is 0 Å². The molecule has 0 aliphatic carbocycles. The SMILES string of the molecule is CCN(CC)C(=O)N1CCC(C(=O)Nc2cc(Cl)ccc2Oc2ccc(C)cc2)CC1. The number of piperidine rings is 1. The lowest BCUT2D eigenvalue weighted by atomic mass is 9.96. The lowest BCUT2D eigenvalue weighted by Gasteiger charge is -2.34. The number of rotatable bonds is 6. The second-order valence-electron chi connectivity index (χ2n) is 7.76. The monoisotopic (exact) mass is 443 g/mol. The molecule has 6 nitrogen and oxygen atoms in total. The third kappa shape index (κ3) is 5.91. The molecule has 0 aromatic heterocycles. The van der Waals surface area contributed by atoms with Gasteiger partial charge in [-0.1, -0.05) is 29.3 Å². The highest BCUT2D eigenvalue weighted by molar-refractivity contribution is 6.31. The van der Waals surface area contributed by atoms with Crippen LogP contribution in [0.3, 0.4) is 0 Å². The van der Waals surface area contributed by atoms with Crippen molar-refractivity contribution in [2.24, 2.45) is 5.92 Å². The number of aryl methyl sites for hydroxylation is 1. The molecular formula is C24H30ClN3O3. The molecule has 3 amide bonds. The zero-order valence-corrected chi connectivity index (χ0v) is 19.1. The van der Waals surface area contributed by atoms with E-state index < -0.39 is 0 Å². The maximum Gasteiger partial charge on any atom is 0.319 e. The minimum absolute atomic E-state index is 0.0486. The topological polar surface area (TPSA) is 61.9 Å². The summed E-state index contributed by atoms with van der Waals surface area (Å²) in [5.41, 5.74) is 1.68. The predicted octanol–water partition coefficient (Wildman–Crippen LogP) is 5.55. The van der Waals surface area contributed by atoms with Crippen molar-refractivity contribution in [3.63, 3.8) is 0 Å². The molecule has 1 N–H and O–H groups in total. The van der Waals surface area contributed by atoms with Crippen LogP contribution in [0, 0.1) is 12.8 Å². The Balaban J connectivity index is 1.63. The van der Waals surface area contributed by atoms with E-state index in [1.54, 1.807) is 23.1 Å². The van der Waals surface area contributed by atoms with Crippen molar-refractivity contribution >= 4 is 29.2 Å². The van der Waals surface area contributed by atoms with Gasteiger partial charge in [0, 0.05) is 37.1 Å². The maximum absolute atomic E-state index is 12.9. The van der Waals surface area contributed by atoms with Crippen molar-refractivity contribution in [3.05, 3.63) is 53.1 Å². The zero-order chi connectivity index (χ0) is 22.4. The van der Waals surface area contributed by atoms with Gasteiger partial charge in [-0.3, -0.25) is 4.79 Å². The molecule has 1 fully saturated rings. The number of urea groups is 1. The predicted molar refractivity (Wildman–Crippen MR) is 124 cm³/mol. The molecule has 1 aliphatic rings. The van der Waals surface area contributed by atoms with E-state index >= 15 is 0 Å². The Labute approximate surface area is 189 Å². The Morgan fingerprint density at radius 2 is 1.74 bits per heavy atom. The van der Waals surface area contributed by atoms with E-state index in [1.165, 1.54) is 0 Å². The summed E-state index contributed by atoms with van der Waals surface area (Å²) in [5.74, 6) is 0.986. The largest absolute Gasteiger partial charge is 0.455 e. The van der Waals surface area contributed by atoms with E-state index in [2.05, 4.69) is 5.32 Å². The van der Waals surface area contributed by atoms with Gasteiger partial charge < -0.3 is 19.9 Å². The van der Waals surface area contributed by atoms with Crippen LogP contribution in [0.4, 0.5) is 10.5 Å². The highest BCUT2D eigenvalue weighted by Crippen LogP contribution is 2.33. The number of nitrogens with zero attached hydrogens (tertiary/aromatic N) is 2. The fourth-order valence-electron chi connectivity index (χ4n) is 3.68. The first kappa shape index (κ1) is 22.9. The number of hydrogen-bond acceptors (Lipinski definition) is 3. The number of carbonyl (C=O) groups excluding carboxylic acids is 2. The Bertz CT molecular complexity index is 905. The molecule has 7 heteroatoms. The van der Waals surface area contributed by atoms with Crippen molar-refractivity contribution in [2.75, 3.05) is 31.5 Å². The number of halogens is 1. The molecule has 166 valence electrons. The van der Waals surface area contributed by atoms with Gasteiger partial charge in [0.05, 0.1) is 5.69 Å². The first-order chi connectivity index (χ1) is 14.9. The van der Waals surface area contributed by atoms with Gasteiger partial charge in [-0.05, 0) is 63.9 Å². The van der Waals surface area contributed by atoms with Gasteiger partial charge in [-0.2, -0.15) is 0 Å². The molecule has 2 aromatic carbocycles. The fourth-order valence-corrected chi connectivity index (χ4v) is 3.86. The summed E-state index contributed by atoms with van der Waals surface area (Å²) >= 11 is 6.17. The van der Waals surface area contributed by atoms with E-state index in [0.29, 0.717) is 61.2 Å². The van der Waals surface area contributed by atoms with Gasteiger partial charge in [0.15, 0.2) is 5.75 Å². The van der Waals surface area contributed by atoms with E-state index in [-0.39, 0.29) is 17.9 Å². The highest BCUT2D eigenvalue weighted by Gasteiger charge is 2.29. The number of anilines is 1. The van der Waals surface area contributed by atoms with Crippen molar-refractivity contribution in [1.29, 1.82) is 0 Å². The normalized spacial score (nSPS) is 14.3. The molecule has 31 heavy (non-hydrogen) atoms. The Kier molecular flexibility index (Phi) is 7.80. The van der Waals surface area contributed by atoms with E-state index in [9.17, 15) is 9.59 Å². The third-order valence-electron chi connectivity index (χ3n) is 5.62. The van der Waals surface area contributed by atoms with Gasteiger partial charge in [0.25, 0.3) is 0 Å². The molecule has 3 rings (SSSR count). The van der Waals surface area contributed by atoms with Crippen LogP contribution in [0.1, 0.15) is 32.3 Å². The van der Waals surface area contributed by atoms with Gasteiger partial charge >= 0.3 is 6.03 Å². The lowest BCUT2D eigenvalue weighted by molar-refractivity contribution is -0.121. The van der Waals surface area contributed by atoms with Crippen LogP contribution in [0.25, 0.3) is 0 Å². The molecular weight excluding hydrogens is 414 g/mol. The molecule has 0 bridgehead atoms. The van der Waals surface area contributed by atoms with E-state index in [4.69, 9.17) is 16.3 Å². The lowest BCUT2D eigenvalue weighted by Crippen LogP contribution is -2.47. The molecule has 1 heterocycles. The molecule has 0 atom stereocenters. The molecule has 1 aliphatic heterocycles. The standard InChI is InChI=1S/C24H30ClN3O3/c1-4-27(5-2)24(30)28-14-12-18(13-15-28)23(29)26-21-16-19(25)8-11-22(21)31-20-9-6-17(3)7-10-20/h6-11,16,18H,4-5,12-15H2,1-3H3,(H,26,29). The van der Waals surface area contributed by atoms with Crippen LogP contribution in [0.15, 0.2) is 42.5 Å². The smallest absolute Gasteiger partial charge is 0.319 e. The number of carbonyl (C=O) groups is 2. The molecule has 0 radical (unpaired) electrons. The minimum Gasteiger partial charge on any atom is -0.455 e. The number of nitrogens with one attached hydrogen (secondary N) is 1. The Hall–Kier alpha value is -2.73. The highest BCUT2D eigenvalue weighted by atomic mass is 35.5. The van der Waals surface area contributed by atoms with Crippen LogP contribution < -0.4 is 10.1 Å². The Morgan fingerprint density at radius 1 is 1.10 bits per heavy atom. The minimum atomic E-state index is -0.160. The fraction of sp³-hybridized carbons (Fsp3) is 0.417. The summed E-state index contributed by atoms with van der Waals surface area (Å²) in [7, 11) is 0. The quantitative estimate of drug-likeness (QED) is 0.636. The van der Waals surface area contributed by atoms with Gasteiger partial charge in [0.2, 0.25) is 5.91 Å². The zero-order valence-electron chi connectivity index (χ0n) is 18.4. The molecule has 1 saturated heterocycles. The van der Waals surface area contributed by atoms with Gasteiger partial charge in [-0.25, -0.2) is 4.79 Å². The van der Waals surface area contributed by atoms with Crippen molar-refractivity contribution < 1.29 is 14.3 Å². The van der Waals surface area contributed by atoms with Gasteiger partial charge in [0.1, 0.15) is 5.75 Å². The number of ether oxygens (including phenoxy) is 1.